The van der Waals surface area contributed by atoms with Crippen molar-refractivity contribution in [2.75, 3.05) is 53.0 Å². The van der Waals surface area contributed by atoms with E-state index in [2.05, 4.69) is 10.2 Å². The highest BCUT2D eigenvalue weighted by atomic mass is 16.5. The Morgan fingerprint density at radius 1 is 1.20 bits per heavy atom. The lowest BCUT2D eigenvalue weighted by Gasteiger charge is -2.22. The number of ether oxygens (including phenoxy) is 1. The molecule has 1 rings (SSSR count). The molecule has 0 aromatic carbocycles. The summed E-state index contributed by atoms with van der Waals surface area (Å²) in [5.74, 6) is 0.181. The fourth-order valence-electron chi connectivity index (χ4n) is 2.20. The first kappa shape index (κ1) is 16.9. The molecule has 0 unspecified atom stereocenters. The summed E-state index contributed by atoms with van der Waals surface area (Å²) in [5.41, 5.74) is 0. The molecule has 1 aliphatic rings. The Bertz CT molecular complexity index is 321. The van der Waals surface area contributed by atoms with Crippen LogP contribution in [0.5, 0.6) is 0 Å². The highest BCUT2D eigenvalue weighted by Crippen LogP contribution is 2.03. The van der Waals surface area contributed by atoms with Crippen LogP contribution in [0.4, 0.5) is 0 Å². The minimum absolute atomic E-state index is 0.0290. The lowest BCUT2D eigenvalue weighted by Crippen LogP contribution is -2.39. The topological polar surface area (TPSA) is 61.9 Å². The van der Waals surface area contributed by atoms with E-state index in [-0.39, 0.29) is 24.3 Å². The molecule has 0 aromatic heterocycles. The first-order valence-electron chi connectivity index (χ1n) is 7.31. The molecule has 0 atom stereocenters. The van der Waals surface area contributed by atoms with Gasteiger partial charge in [-0.2, -0.15) is 0 Å². The molecule has 0 spiro atoms. The summed E-state index contributed by atoms with van der Waals surface area (Å²) in [6.45, 7) is 8.79. The Morgan fingerprint density at radius 3 is 2.60 bits per heavy atom. The number of nitrogens with one attached hydrogen (secondary N) is 1. The second-order valence-electron chi connectivity index (χ2n) is 5.45. The van der Waals surface area contributed by atoms with Gasteiger partial charge in [-0.3, -0.25) is 14.5 Å². The van der Waals surface area contributed by atoms with Crippen LogP contribution in [-0.4, -0.2) is 74.6 Å². The molecule has 0 aliphatic carbocycles. The van der Waals surface area contributed by atoms with Crippen molar-refractivity contribution in [3.63, 3.8) is 0 Å². The normalized spacial score (nSPS) is 17.1. The summed E-state index contributed by atoms with van der Waals surface area (Å²) in [4.78, 5) is 27.4. The van der Waals surface area contributed by atoms with Crippen molar-refractivity contribution in [1.29, 1.82) is 0 Å². The average molecular weight is 285 g/mol. The molecule has 20 heavy (non-hydrogen) atoms. The number of hydrogen-bond donors (Lipinski definition) is 1. The Labute approximate surface area is 121 Å². The van der Waals surface area contributed by atoms with Gasteiger partial charge in [0.25, 0.3) is 0 Å². The minimum Gasteiger partial charge on any atom is -0.375 e. The van der Waals surface area contributed by atoms with Crippen LogP contribution in [0.2, 0.25) is 0 Å². The van der Waals surface area contributed by atoms with Crippen molar-refractivity contribution in [1.82, 2.24) is 15.1 Å². The first-order valence-corrected chi connectivity index (χ1v) is 7.31. The summed E-state index contributed by atoms with van der Waals surface area (Å²) < 4.78 is 4.89. The fraction of sp³-hybridized carbons (Fsp3) is 0.857. The van der Waals surface area contributed by atoms with E-state index >= 15 is 0 Å². The van der Waals surface area contributed by atoms with Crippen LogP contribution < -0.4 is 5.32 Å². The van der Waals surface area contributed by atoms with Crippen LogP contribution in [0.15, 0.2) is 0 Å². The van der Waals surface area contributed by atoms with E-state index in [0.29, 0.717) is 6.54 Å². The Hall–Kier alpha value is -1.14. The number of rotatable bonds is 6. The summed E-state index contributed by atoms with van der Waals surface area (Å²) in [5, 5.41) is 2.92. The van der Waals surface area contributed by atoms with Gasteiger partial charge < -0.3 is 15.0 Å². The predicted octanol–water partition coefficient (Wildman–Crippen LogP) is -0.0607. The molecule has 1 heterocycles. The second kappa shape index (κ2) is 8.92. The molecule has 1 fully saturated rings. The fourth-order valence-corrected chi connectivity index (χ4v) is 2.20. The quantitative estimate of drug-likeness (QED) is 0.743. The van der Waals surface area contributed by atoms with Crippen molar-refractivity contribution >= 4 is 11.8 Å². The molecular formula is C14H27N3O3. The Balaban J connectivity index is 2.26. The summed E-state index contributed by atoms with van der Waals surface area (Å²) in [6, 6.07) is 0. The van der Waals surface area contributed by atoms with Gasteiger partial charge in [0.1, 0.15) is 6.61 Å². The van der Waals surface area contributed by atoms with E-state index in [1.165, 1.54) is 0 Å². The van der Waals surface area contributed by atoms with E-state index in [0.717, 1.165) is 39.1 Å². The molecule has 6 nitrogen and oxygen atoms in total. The number of hydrogen-bond acceptors (Lipinski definition) is 4. The maximum atomic E-state index is 11.8. The molecule has 2 amide bonds. The van der Waals surface area contributed by atoms with Crippen LogP contribution in [0.1, 0.15) is 20.3 Å². The molecule has 0 radical (unpaired) electrons. The van der Waals surface area contributed by atoms with E-state index in [4.69, 9.17) is 4.74 Å². The summed E-state index contributed by atoms with van der Waals surface area (Å²) in [6.07, 6.45) is 0.966. The highest BCUT2D eigenvalue weighted by molar-refractivity contribution is 5.78. The summed E-state index contributed by atoms with van der Waals surface area (Å²) in [7, 11) is 1.54. The van der Waals surface area contributed by atoms with Crippen molar-refractivity contribution in [3.05, 3.63) is 0 Å². The molecular weight excluding hydrogens is 258 g/mol. The highest BCUT2D eigenvalue weighted by Gasteiger charge is 2.18. The van der Waals surface area contributed by atoms with E-state index in [9.17, 15) is 9.59 Å². The molecule has 116 valence electrons. The standard InChI is InChI=1S/C14H27N3O3/c1-12(2)14(19)15-5-8-16-6-4-7-17(10-9-16)13(18)11-20-3/h12H,4-11H2,1-3H3,(H,15,19). The SMILES string of the molecule is COCC(=O)N1CCCN(CCNC(=O)C(C)C)CC1. The third-order valence-electron chi connectivity index (χ3n) is 3.46. The zero-order valence-electron chi connectivity index (χ0n) is 12.9. The number of carbonyl (C=O) groups excluding carboxylic acids is 2. The molecule has 0 aromatic rings. The predicted molar refractivity (Wildman–Crippen MR) is 77.4 cm³/mol. The largest absolute Gasteiger partial charge is 0.375 e. The number of nitrogens with zero attached hydrogens (tertiary/aromatic N) is 2. The minimum atomic E-state index is 0.0290. The van der Waals surface area contributed by atoms with Gasteiger partial charge in [-0.25, -0.2) is 0 Å². The first-order chi connectivity index (χ1) is 9.54. The lowest BCUT2D eigenvalue weighted by atomic mass is 10.2. The van der Waals surface area contributed by atoms with Gasteiger partial charge in [0, 0.05) is 45.8 Å². The Morgan fingerprint density at radius 2 is 1.95 bits per heavy atom. The second-order valence-corrected chi connectivity index (χ2v) is 5.45. The lowest BCUT2D eigenvalue weighted by molar-refractivity contribution is -0.135. The maximum absolute atomic E-state index is 11.8. The van der Waals surface area contributed by atoms with Gasteiger partial charge in [-0.15, -0.1) is 0 Å². The molecule has 1 N–H and O–H groups in total. The van der Waals surface area contributed by atoms with E-state index < -0.39 is 0 Å². The number of amides is 2. The molecule has 1 saturated heterocycles. The van der Waals surface area contributed by atoms with Crippen LogP contribution in [0.3, 0.4) is 0 Å². The average Bonchev–Trinajstić information content (AvgIpc) is 2.64. The van der Waals surface area contributed by atoms with Crippen molar-refractivity contribution in [3.8, 4) is 0 Å². The molecule has 0 bridgehead atoms. The zero-order valence-corrected chi connectivity index (χ0v) is 12.9. The number of methoxy groups -OCH3 is 1. The third kappa shape index (κ3) is 5.88. The van der Waals surface area contributed by atoms with E-state index in [1.807, 2.05) is 18.7 Å². The van der Waals surface area contributed by atoms with Crippen molar-refractivity contribution < 1.29 is 14.3 Å². The van der Waals surface area contributed by atoms with Crippen LogP contribution >= 0.6 is 0 Å². The van der Waals surface area contributed by atoms with Crippen LogP contribution in [0, 0.1) is 5.92 Å². The molecule has 6 heteroatoms. The van der Waals surface area contributed by atoms with Crippen LogP contribution in [0.25, 0.3) is 0 Å². The van der Waals surface area contributed by atoms with Gasteiger partial charge in [0.2, 0.25) is 11.8 Å². The number of carbonyl (C=O) groups is 2. The van der Waals surface area contributed by atoms with E-state index in [1.54, 1.807) is 7.11 Å². The van der Waals surface area contributed by atoms with Gasteiger partial charge >= 0.3 is 0 Å². The van der Waals surface area contributed by atoms with Crippen molar-refractivity contribution in [2.45, 2.75) is 20.3 Å². The monoisotopic (exact) mass is 285 g/mol. The van der Waals surface area contributed by atoms with Gasteiger partial charge in [0.05, 0.1) is 0 Å². The molecule has 0 saturated carbocycles. The van der Waals surface area contributed by atoms with Gasteiger partial charge in [0.15, 0.2) is 0 Å². The maximum Gasteiger partial charge on any atom is 0.248 e. The summed E-state index contributed by atoms with van der Waals surface area (Å²) >= 11 is 0. The van der Waals surface area contributed by atoms with Crippen LogP contribution in [-0.2, 0) is 14.3 Å². The van der Waals surface area contributed by atoms with Crippen molar-refractivity contribution in [2.24, 2.45) is 5.92 Å². The smallest absolute Gasteiger partial charge is 0.248 e. The third-order valence-corrected chi connectivity index (χ3v) is 3.46. The molecule has 1 aliphatic heterocycles. The zero-order chi connectivity index (χ0) is 15.0. The van der Waals surface area contributed by atoms with Gasteiger partial charge in [-0.05, 0) is 13.0 Å². The van der Waals surface area contributed by atoms with Gasteiger partial charge in [-0.1, -0.05) is 13.8 Å². The Kier molecular flexibility index (Phi) is 7.54.